The molecule has 0 spiro atoms. The van der Waals surface area contributed by atoms with Crippen LogP contribution in [0.3, 0.4) is 0 Å². The van der Waals surface area contributed by atoms with E-state index in [9.17, 15) is 4.79 Å². The van der Waals surface area contributed by atoms with Crippen molar-refractivity contribution in [1.29, 1.82) is 0 Å². The SMILES string of the molecule is O=C(CSc1nnnn1-c1ccccc1)Nc1nncs1. The van der Waals surface area contributed by atoms with Crippen LogP contribution >= 0.6 is 23.1 Å². The van der Waals surface area contributed by atoms with Crippen LogP contribution in [-0.4, -0.2) is 42.1 Å². The highest BCUT2D eigenvalue weighted by atomic mass is 32.2. The Bertz CT molecular complexity index is 713. The first-order valence-corrected chi connectivity index (χ1v) is 7.72. The monoisotopic (exact) mass is 319 g/mol. The van der Waals surface area contributed by atoms with E-state index in [4.69, 9.17) is 0 Å². The van der Waals surface area contributed by atoms with E-state index in [0.29, 0.717) is 10.3 Å². The van der Waals surface area contributed by atoms with Gasteiger partial charge in [-0.2, -0.15) is 4.68 Å². The van der Waals surface area contributed by atoms with Crippen molar-refractivity contribution >= 4 is 34.1 Å². The van der Waals surface area contributed by atoms with Crippen LogP contribution in [0.25, 0.3) is 5.69 Å². The van der Waals surface area contributed by atoms with Gasteiger partial charge < -0.3 is 0 Å². The Balaban J connectivity index is 1.64. The van der Waals surface area contributed by atoms with E-state index in [-0.39, 0.29) is 11.7 Å². The summed E-state index contributed by atoms with van der Waals surface area (Å²) in [6, 6.07) is 9.49. The van der Waals surface area contributed by atoms with Crippen molar-refractivity contribution in [1.82, 2.24) is 30.4 Å². The molecule has 0 saturated carbocycles. The number of amides is 1. The van der Waals surface area contributed by atoms with Gasteiger partial charge in [-0.25, -0.2) is 0 Å². The Morgan fingerprint density at radius 1 is 1.29 bits per heavy atom. The van der Waals surface area contributed by atoms with Crippen LogP contribution in [0.5, 0.6) is 0 Å². The molecule has 2 heterocycles. The fraction of sp³-hybridized carbons (Fsp3) is 0.0909. The Labute approximate surface area is 127 Å². The summed E-state index contributed by atoms with van der Waals surface area (Å²) in [6.07, 6.45) is 0. The summed E-state index contributed by atoms with van der Waals surface area (Å²) >= 11 is 2.52. The lowest BCUT2D eigenvalue weighted by molar-refractivity contribution is -0.113. The van der Waals surface area contributed by atoms with Crippen molar-refractivity contribution in [3.63, 3.8) is 0 Å². The molecular weight excluding hydrogens is 310 g/mol. The maximum atomic E-state index is 11.8. The number of hydrogen-bond donors (Lipinski definition) is 1. The number of nitrogens with one attached hydrogen (secondary N) is 1. The number of rotatable bonds is 5. The predicted octanol–water partition coefficient (Wildman–Crippen LogP) is 1.24. The highest BCUT2D eigenvalue weighted by Gasteiger charge is 2.12. The van der Waals surface area contributed by atoms with E-state index >= 15 is 0 Å². The summed E-state index contributed by atoms with van der Waals surface area (Å²) in [5, 5.41) is 22.6. The Hall–Kier alpha value is -2.33. The Morgan fingerprint density at radius 3 is 2.90 bits per heavy atom. The molecule has 2 aromatic heterocycles. The second kappa shape index (κ2) is 6.41. The molecule has 1 N–H and O–H groups in total. The molecule has 3 aromatic rings. The fourth-order valence-corrected chi connectivity index (χ4v) is 2.67. The van der Waals surface area contributed by atoms with Gasteiger partial charge in [0.25, 0.3) is 0 Å². The molecule has 0 unspecified atom stereocenters. The summed E-state index contributed by atoms with van der Waals surface area (Å²) in [5.74, 6) is 0.00614. The first-order chi connectivity index (χ1) is 10.3. The summed E-state index contributed by atoms with van der Waals surface area (Å²) in [7, 11) is 0. The summed E-state index contributed by atoms with van der Waals surface area (Å²) in [4.78, 5) is 11.8. The van der Waals surface area contributed by atoms with Gasteiger partial charge in [0.15, 0.2) is 0 Å². The van der Waals surface area contributed by atoms with Crippen LogP contribution in [-0.2, 0) is 4.79 Å². The lowest BCUT2D eigenvalue weighted by Crippen LogP contribution is -2.14. The zero-order valence-electron chi connectivity index (χ0n) is 10.6. The predicted molar refractivity (Wildman–Crippen MR) is 78.4 cm³/mol. The second-order valence-electron chi connectivity index (χ2n) is 3.79. The van der Waals surface area contributed by atoms with Gasteiger partial charge in [-0.15, -0.1) is 15.3 Å². The van der Waals surface area contributed by atoms with Gasteiger partial charge in [0.1, 0.15) is 5.51 Å². The van der Waals surface area contributed by atoms with Crippen molar-refractivity contribution < 1.29 is 4.79 Å². The van der Waals surface area contributed by atoms with Crippen molar-refractivity contribution in [3.05, 3.63) is 35.8 Å². The van der Waals surface area contributed by atoms with E-state index in [1.54, 1.807) is 10.2 Å². The molecule has 10 heteroatoms. The number of para-hydroxylation sites is 1. The molecule has 0 aliphatic rings. The first-order valence-electron chi connectivity index (χ1n) is 5.85. The van der Waals surface area contributed by atoms with Gasteiger partial charge >= 0.3 is 0 Å². The summed E-state index contributed by atoms with van der Waals surface area (Å²) in [6.45, 7) is 0. The Morgan fingerprint density at radius 2 is 2.14 bits per heavy atom. The number of carbonyl (C=O) groups is 1. The quantitative estimate of drug-likeness (QED) is 0.706. The maximum absolute atomic E-state index is 11.8. The van der Waals surface area contributed by atoms with Crippen molar-refractivity contribution in [2.75, 3.05) is 11.1 Å². The molecule has 0 atom stereocenters. The zero-order chi connectivity index (χ0) is 14.5. The molecule has 3 rings (SSSR count). The van der Waals surface area contributed by atoms with Crippen LogP contribution in [0.2, 0.25) is 0 Å². The average molecular weight is 319 g/mol. The number of hydrogen-bond acceptors (Lipinski definition) is 8. The van der Waals surface area contributed by atoms with Crippen LogP contribution in [0, 0.1) is 0 Å². The number of nitrogens with zero attached hydrogens (tertiary/aromatic N) is 6. The van der Waals surface area contributed by atoms with Crippen molar-refractivity contribution in [3.8, 4) is 5.69 Å². The third-order valence-corrected chi connectivity index (χ3v) is 3.91. The Kier molecular flexibility index (Phi) is 4.17. The first kappa shape index (κ1) is 13.6. The van der Waals surface area contributed by atoms with E-state index in [1.165, 1.54) is 23.1 Å². The minimum absolute atomic E-state index is 0.181. The third-order valence-electron chi connectivity index (χ3n) is 2.38. The highest BCUT2D eigenvalue weighted by molar-refractivity contribution is 7.99. The van der Waals surface area contributed by atoms with Crippen LogP contribution in [0.4, 0.5) is 5.13 Å². The van der Waals surface area contributed by atoms with Crippen molar-refractivity contribution in [2.24, 2.45) is 0 Å². The maximum Gasteiger partial charge on any atom is 0.236 e. The number of anilines is 1. The van der Waals surface area contributed by atoms with Crippen LogP contribution in [0.15, 0.2) is 41.0 Å². The van der Waals surface area contributed by atoms with Crippen LogP contribution < -0.4 is 5.32 Å². The molecule has 0 radical (unpaired) electrons. The molecule has 21 heavy (non-hydrogen) atoms. The molecule has 106 valence electrons. The van der Waals surface area contributed by atoms with Gasteiger partial charge in [0, 0.05) is 0 Å². The van der Waals surface area contributed by atoms with Gasteiger partial charge in [-0.05, 0) is 22.6 Å². The number of benzene rings is 1. The topological polar surface area (TPSA) is 98.5 Å². The number of carbonyl (C=O) groups excluding carboxylic acids is 1. The lowest BCUT2D eigenvalue weighted by Gasteiger charge is -2.03. The number of aromatic nitrogens is 6. The largest absolute Gasteiger partial charge is 0.300 e. The normalized spacial score (nSPS) is 10.5. The fourth-order valence-electron chi connectivity index (χ4n) is 1.51. The van der Waals surface area contributed by atoms with Gasteiger partial charge in [0.2, 0.25) is 16.2 Å². The van der Waals surface area contributed by atoms with E-state index in [2.05, 4.69) is 31.0 Å². The van der Waals surface area contributed by atoms with E-state index in [1.807, 2.05) is 30.3 Å². The minimum Gasteiger partial charge on any atom is -0.300 e. The molecule has 0 saturated heterocycles. The number of thioether (sulfide) groups is 1. The molecular formula is C11H9N7OS2. The molecule has 0 aliphatic heterocycles. The molecule has 1 aromatic carbocycles. The van der Waals surface area contributed by atoms with Crippen LogP contribution in [0.1, 0.15) is 0 Å². The highest BCUT2D eigenvalue weighted by Crippen LogP contribution is 2.18. The van der Waals surface area contributed by atoms with E-state index in [0.717, 1.165) is 5.69 Å². The standard InChI is InChI=1S/C11H9N7OS2/c19-9(13-10-14-12-7-21-10)6-20-11-15-16-17-18(11)8-4-2-1-3-5-8/h1-5,7H,6H2,(H,13,14,19). The average Bonchev–Trinajstić information content (AvgIpc) is 3.17. The molecule has 8 nitrogen and oxygen atoms in total. The van der Waals surface area contributed by atoms with Gasteiger partial charge in [0.05, 0.1) is 11.4 Å². The lowest BCUT2D eigenvalue weighted by atomic mass is 10.3. The molecule has 1 amide bonds. The molecule has 0 fully saturated rings. The summed E-state index contributed by atoms with van der Waals surface area (Å²) < 4.78 is 1.59. The minimum atomic E-state index is -0.181. The van der Waals surface area contributed by atoms with Gasteiger partial charge in [-0.3, -0.25) is 10.1 Å². The smallest absolute Gasteiger partial charge is 0.236 e. The summed E-state index contributed by atoms with van der Waals surface area (Å²) in [5.41, 5.74) is 2.40. The molecule has 0 aliphatic carbocycles. The third kappa shape index (κ3) is 3.41. The van der Waals surface area contributed by atoms with Crippen molar-refractivity contribution in [2.45, 2.75) is 5.16 Å². The molecule has 0 bridgehead atoms. The van der Waals surface area contributed by atoms with E-state index < -0.39 is 0 Å². The van der Waals surface area contributed by atoms with Gasteiger partial charge in [-0.1, -0.05) is 41.3 Å². The number of tetrazole rings is 1. The zero-order valence-corrected chi connectivity index (χ0v) is 12.2. The second-order valence-corrected chi connectivity index (χ2v) is 5.57.